The van der Waals surface area contributed by atoms with E-state index < -0.39 is 7.67 Å². The number of aryl methyl sites for hydroxylation is 1. The van der Waals surface area contributed by atoms with Crippen molar-refractivity contribution < 1.29 is 9.09 Å². The molecule has 4 nitrogen and oxygen atoms in total. The van der Waals surface area contributed by atoms with Crippen LogP contribution < -0.4 is 11.0 Å². The van der Waals surface area contributed by atoms with Gasteiger partial charge in [0.25, 0.3) is 0 Å². The lowest BCUT2D eigenvalue weighted by Gasteiger charge is -2.06. The highest BCUT2D eigenvalue weighted by atomic mass is 31.2. The molecule has 0 saturated heterocycles. The molecule has 0 unspecified atom stereocenters. The van der Waals surface area contributed by atoms with E-state index in [1.165, 1.54) is 5.56 Å². The Morgan fingerprint density at radius 3 is 2.43 bits per heavy atom. The van der Waals surface area contributed by atoms with Gasteiger partial charge in [0.05, 0.1) is 6.61 Å². The van der Waals surface area contributed by atoms with Gasteiger partial charge in [-0.2, -0.15) is 0 Å². The van der Waals surface area contributed by atoms with E-state index in [-0.39, 0.29) is 0 Å². The van der Waals surface area contributed by atoms with E-state index >= 15 is 0 Å². The minimum Gasteiger partial charge on any atom is -0.306 e. The highest BCUT2D eigenvalue weighted by Crippen LogP contribution is 2.26. The van der Waals surface area contributed by atoms with E-state index in [4.69, 9.17) is 15.5 Å². The molecule has 1 rings (SSSR count). The van der Waals surface area contributed by atoms with E-state index in [1.54, 1.807) is 0 Å². The summed E-state index contributed by atoms with van der Waals surface area (Å²) in [4.78, 5) is 0. The van der Waals surface area contributed by atoms with E-state index in [9.17, 15) is 4.57 Å². The number of hydrogen-bond acceptors (Lipinski definition) is 2. The molecule has 1 aromatic rings. The second-order valence-electron chi connectivity index (χ2n) is 3.07. The highest BCUT2D eigenvalue weighted by molar-refractivity contribution is 7.53. The molecule has 5 heteroatoms. The van der Waals surface area contributed by atoms with Crippen molar-refractivity contribution >= 4 is 7.67 Å². The monoisotopic (exact) mass is 214 g/mol. The number of rotatable bonds is 5. The topological polar surface area (TPSA) is 78.3 Å². The van der Waals surface area contributed by atoms with Gasteiger partial charge in [0.15, 0.2) is 0 Å². The predicted molar refractivity (Wildman–Crippen MR) is 56.7 cm³/mol. The van der Waals surface area contributed by atoms with Gasteiger partial charge in [-0.25, -0.2) is 11.0 Å². The van der Waals surface area contributed by atoms with Crippen LogP contribution in [0.1, 0.15) is 12.0 Å². The Labute approximate surface area is 83.8 Å². The Hall–Kier alpha value is -0.670. The normalized spacial score (nSPS) is 11.6. The molecule has 0 spiro atoms. The fourth-order valence-electron chi connectivity index (χ4n) is 1.13. The van der Waals surface area contributed by atoms with Crippen molar-refractivity contribution in [3.8, 4) is 0 Å². The van der Waals surface area contributed by atoms with Gasteiger partial charge in [-0.05, 0) is 18.4 Å². The van der Waals surface area contributed by atoms with Crippen LogP contribution in [-0.4, -0.2) is 6.61 Å². The average Bonchev–Trinajstić information content (AvgIpc) is 2.13. The quantitative estimate of drug-likeness (QED) is 0.577. The summed E-state index contributed by atoms with van der Waals surface area (Å²) in [6.07, 6.45) is 1.64. The number of hydrogen-bond donors (Lipinski definition) is 2. The molecule has 0 heterocycles. The summed E-state index contributed by atoms with van der Waals surface area (Å²) < 4.78 is 15.5. The molecule has 0 aliphatic carbocycles. The minimum atomic E-state index is -3.29. The molecule has 0 atom stereocenters. The lowest BCUT2D eigenvalue weighted by molar-refractivity contribution is 0.308. The van der Waals surface area contributed by atoms with Gasteiger partial charge < -0.3 is 4.52 Å². The molecule has 1 aromatic carbocycles. The smallest absolute Gasteiger partial charge is 0.306 e. The molecule has 0 aromatic heterocycles. The van der Waals surface area contributed by atoms with Crippen LogP contribution in [0.15, 0.2) is 30.3 Å². The maximum Gasteiger partial charge on any atom is 0.335 e. The average molecular weight is 214 g/mol. The van der Waals surface area contributed by atoms with Crippen molar-refractivity contribution in [2.24, 2.45) is 11.0 Å². The van der Waals surface area contributed by atoms with Crippen molar-refractivity contribution in [2.75, 3.05) is 6.61 Å². The largest absolute Gasteiger partial charge is 0.335 e. The molecule has 0 fully saturated rings. The Bertz CT molecular complexity index is 310. The van der Waals surface area contributed by atoms with Crippen molar-refractivity contribution in [3.63, 3.8) is 0 Å². The third-order valence-corrected chi connectivity index (χ3v) is 2.33. The van der Waals surface area contributed by atoms with Crippen molar-refractivity contribution in [1.82, 2.24) is 0 Å². The van der Waals surface area contributed by atoms with Crippen molar-refractivity contribution in [1.29, 1.82) is 0 Å². The Kier molecular flexibility index (Phi) is 4.29. The first-order valence-electron chi connectivity index (χ1n) is 4.43. The third-order valence-electron chi connectivity index (χ3n) is 1.75. The molecule has 0 radical (unpaired) electrons. The first-order valence-corrected chi connectivity index (χ1v) is 6.20. The number of benzene rings is 1. The third kappa shape index (κ3) is 5.14. The van der Waals surface area contributed by atoms with Crippen LogP contribution in [0.4, 0.5) is 0 Å². The molecule has 78 valence electrons. The van der Waals surface area contributed by atoms with Gasteiger partial charge in [-0.3, -0.25) is 4.57 Å². The van der Waals surface area contributed by atoms with Gasteiger partial charge >= 0.3 is 7.67 Å². The maximum absolute atomic E-state index is 10.8. The minimum absolute atomic E-state index is 0.333. The van der Waals surface area contributed by atoms with Crippen LogP contribution >= 0.6 is 7.67 Å². The van der Waals surface area contributed by atoms with Crippen LogP contribution in [0.5, 0.6) is 0 Å². The van der Waals surface area contributed by atoms with Gasteiger partial charge in [0.2, 0.25) is 0 Å². The summed E-state index contributed by atoms with van der Waals surface area (Å²) in [6, 6.07) is 9.99. The van der Waals surface area contributed by atoms with E-state index in [2.05, 4.69) is 0 Å². The lowest BCUT2D eigenvalue weighted by Crippen LogP contribution is -2.09. The zero-order valence-electron chi connectivity index (χ0n) is 7.93. The van der Waals surface area contributed by atoms with Crippen LogP contribution in [0.2, 0.25) is 0 Å². The molecule has 14 heavy (non-hydrogen) atoms. The maximum atomic E-state index is 10.8. The second kappa shape index (κ2) is 5.27. The molecule has 4 N–H and O–H groups in total. The van der Waals surface area contributed by atoms with Crippen LogP contribution in [0.25, 0.3) is 0 Å². The zero-order valence-corrected chi connectivity index (χ0v) is 8.82. The molecular formula is C9H15N2O2P. The van der Waals surface area contributed by atoms with E-state index in [0.717, 1.165) is 12.8 Å². The van der Waals surface area contributed by atoms with E-state index in [0.29, 0.717) is 6.61 Å². The zero-order chi connectivity index (χ0) is 10.4. The lowest BCUT2D eigenvalue weighted by atomic mass is 10.1. The summed E-state index contributed by atoms with van der Waals surface area (Å²) in [5.41, 5.74) is 11.3. The van der Waals surface area contributed by atoms with Crippen molar-refractivity contribution in [2.45, 2.75) is 12.8 Å². The molecular weight excluding hydrogens is 199 g/mol. The Morgan fingerprint density at radius 1 is 1.21 bits per heavy atom. The van der Waals surface area contributed by atoms with Gasteiger partial charge in [0.1, 0.15) is 0 Å². The summed E-state index contributed by atoms with van der Waals surface area (Å²) in [5.74, 6) is 0. The first kappa shape index (κ1) is 11.4. The molecule has 0 saturated carbocycles. The molecule has 0 aliphatic heterocycles. The van der Waals surface area contributed by atoms with E-state index in [1.807, 2.05) is 30.3 Å². The SMILES string of the molecule is NP(N)(=O)OCCCc1ccccc1. The van der Waals surface area contributed by atoms with Crippen LogP contribution in [-0.2, 0) is 15.5 Å². The van der Waals surface area contributed by atoms with Gasteiger partial charge in [-0.15, -0.1) is 0 Å². The number of nitrogens with two attached hydrogens (primary N) is 2. The fraction of sp³-hybridized carbons (Fsp3) is 0.333. The molecule has 0 bridgehead atoms. The highest BCUT2D eigenvalue weighted by Gasteiger charge is 2.06. The van der Waals surface area contributed by atoms with Gasteiger partial charge in [-0.1, -0.05) is 30.3 Å². The summed E-state index contributed by atoms with van der Waals surface area (Å²) in [5, 5.41) is 0. The second-order valence-corrected chi connectivity index (χ2v) is 4.62. The molecule has 0 aliphatic rings. The summed E-state index contributed by atoms with van der Waals surface area (Å²) in [7, 11) is -3.29. The van der Waals surface area contributed by atoms with Crippen molar-refractivity contribution in [3.05, 3.63) is 35.9 Å². The fourth-order valence-corrected chi connectivity index (χ4v) is 1.54. The summed E-state index contributed by atoms with van der Waals surface area (Å²) >= 11 is 0. The Morgan fingerprint density at radius 2 is 1.86 bits per heavy atom. The summed E-state index contributed by atoms with van der Waals surface area (Å²) in [6.45, 7) is 0.333. The first-order chi connectivity index (χ1) is 6.58. The van der Waals surface area contributed by atoms with Crippen LogP contribution in [0.3, 0.4) is 0 Å². The molecule has 0 amide bonds. The van der Waals surface area contributed by atoms with Gasteiger partial charge in [0, 0.05) is 0 Å². The standard InChI is InChI=1S/C9H15N2O2P/c10-14(11,12)13-8-4-7-9-5-2-1-3-6-9/h1-3,5-6H,4,7-8H2,(H4,10,11,12). The van der Waals surface area contributed by atoms with Crippen LogP contribution in [0, 0.1) is 0 Å². The Balaban J connectivity index is 2.20. The predicted octanol–water partition coefficient (Wildman–Crippen LogP) is 1.66.